The van der Waals surface area contributed by atoms with Crippen LogP contribution in [0.5, 0.6) is 0 Å². The van der Waals surface area contributed by atoms with Gasteiger partial charge < -0.3 is 20.4 Å². The Morgan fingerprint density at radius 2 is 2.00 bits per heavy atom. The van der Waals surface area contributed by atoms with Crippen LogP contribution in [0.25, 0.3) is 0 Å². The fourth-order valence-corrected chi connectivity index (χ4v) is 6.96. The Labute approximate surface area is 158 Å². The lowest BCUT2D eigenvalue weighted by atomic mass is 9.46. The van der Waals surface area contributed by atoms with Crippen molar-refractivity contribution in [3.05, 3.63) is 23.8 Å². The van der Waals surface area contributed by atoms with Gasteiger partial charge in [-0.15, -0.1) is 0 Å². The molecule has 3 fully saturated rings. The molecule has 6 nitrogen and oxygen atoms in total. The molecule has 8 atom stereocenters. The van der Waals surface area contributed by atoms with Gasteiger partial charge in [0.15, 0.2) is 17.2 Å². The van der Waals surface area contributed by atoms with Gasteiger partial charge in [-0.1, -0.05) is 25.5 Å². The van der Waals surface area contributed by atoms with E-state index < -0.39 is 41.0 Å². The van der Waals surface area contributed by atoms with Crippen molar-refractivity contribution in [2.75, 3.05) is 6.61 Å². The van der Waals surface area contributed by atoms with Crippen molar-refractivity contribution < 1.29 is 30.0 Å². The van der Waals surface area contributed by atoms with Gasteiger partial charge >= 0.3 is 0 Å². The van der Waals surface area contributed by atoms with Crippen LogP contribution in [-0.4, -0.2) is 56.4 Å². The predicted octanol–water partition coefficient (Wildman–Crippen LogP) is 0.528. The first-order chi connectivity index (χ1) is 12.6. The number of ketones is 2. The number of carbonyl (C=O) groups is 2. The van der Waals surface area contributed by atoms with Crippen molar-refractivity contribution in [2.45, 2.75) is 57.3 Å². The van der Waals surface area contributed by atoms with E-state index in [1.807, 2.05) is 13.0 Å². The van der Waals surface area contributed by atoms with Crippen LogP contribution in [0.3, 0.4) is 0 Å². The van der Waals surface area contributed by atoms with Crippen molar-refractivity contribution in [2.24, 2.45) is 28.6 Å². The molecular weight excluding hydrogens is 348 g/mol. The second kappa shape index (κ2) is 5.83. The second-order valence-electron chi connectivity index (χ2n) is 9.31. The standard InChI is InChI=1S/C21H28O6/c1-19-6-5-12(23)7-11(19)3-4-13-14-8-16(25)21(27,17(26)10-22)20(14,2)9-15(24)18(13)19/h5-7,13-16,18,22,24-25,27H,3-4,8-10H2,1-2H3/t13-,14-,15-,16?,18+,19-,20-,21-/m1/s1. The highest BCUT2D eigenvalue weighted by Gasteiger charge is 2.71. The third-order valence-corrected chi connectivity index (χ3v) is 8.28. The third-order valence-electron chi connectivity index (χ3n) is 8.28. The van der Waals surface area contributed by atoms with E-state index in [1.54, 1.807) is 19.1 Å². The molecule has 4 aliphatic rings. The van der Waals surface area contributed by atoms with Crippen LogP contribution < -0.4 is 0 Å². The molecule has 4 aliphatic carbocycles. The second-order valence-corrected chi connectivity index (χ2v) is 9.31. The SMILES string of the molecule is C[C@@]12C=CC(=O)C=C1CC[C@H]1[C@H]2[C@H](O)C[C@]2(C)[C@@H]1CC(O)[C@@]2(O)C(=O)CO. The number of allylic oxidation sites excluding steroid dienone is 4. The number of aliphatic hydroxyl groups is 4. The zero-order chi connectivity index (χ0) is 19.8. The summed E-state index contributed by atoms with van der Waals surface area (Å²) in [5.74, 6) is -1.09. The molecule has 0 amide bonds. The van der Waals surface area contributed by atoms with Gasteiger partial charge in [-0.25, -0.2) is 0 Å². The van der Waals surface area contributed by atoms with E-state index in [0.29, 0.717) is 0 Å². The van der Waals surface area contributed by atoms with Crippen LogP contribution in [0.2, 0.25) is 0 Å². The van der Waals surface area contributed by atoms with E-state index in [0.717, 1.165) is 18.4 Å². The van der Waals surface area contributed by atoms with E-state index >= 15 is 0 Å². The third kappa shape index (κ3) is 2.21. The van der Waals surface area contributed by atoms with Crippen molar-refractivity contribution in [1.29, 1.82) is 0 Å². The van der Waals surface area contributed by atoms with Crippen molar-refractivity contribution in [1.82, 2.24) is 0 Å². The van der Waals surface area contributed by atoms with Crippen LogP contribution in [-0.2, 0) is 9.59 Å². The van der Waals surface area contributed by atoms with Gasteiger partial charge in [-0.2, -0.15) is 0 Å². The lowest BCUT2D eigenvalue weighted by Crippen LogP contribution is -2.63. The first kappa shape index (κ1) is 19.0. The monoisotopic (exact) mass is 376 g/mol. The quantitative estimate of drug-likeness (QED) is 0.559. The lowest BCUT2D eigenvalue weighted by Gasteiger charge is -2.59. The molecule has 3 saturated carbocycles. The van der Waals surface area contributed by atoms with E-state index in [4.69, 9.17) is 0 Å². The van der Waals surface area contributed by atoms with Crippen LogP contribution in [0.4, 0.5) is 0 Å². The molecular formula is C21H28O6. The maximum atomic E-state index is 12.4. The molecule has 0 aromatic heterocycles. The van der Waals surface area contributed by atoms with Crippen LogP contribution in [0.1, 0.15) is 39.5 Å². The van der Waals surface area contributed by atoms with Gasteiger partial charge in [0, 0.05) is 16.7 Å². The fraction of sp³-hybridized carbons (Fsp3) is 0.714. The molecule has 0 saturated heterocycles. The Kier molecular flexibility index (Phi) is 4.10. The molecule has 0 aliphatic heterocycles. The summed E-state index contributed by atoms with van der Waals surface area (Å²) in [4.78, 5) is 24.2. The lowest BCUT2D eigenvalue weighted by molar-refractivity contribution is -0.190. The van der Waals surface area contributed by atoms with Crippen LogP contribution in [0, 0.1) is 28.6 Å². The van der Waals surface area contributed by atoms with E-state index in [1.165, 1.54) is 0 Å². The highest BCUT2D eigenvalue weighted by molar-refractivity contribution is 6.01. The minimum absolute atomic E-state index is 0.00826. The average Bonchev–Trinajstić information content (AvgIpc) is 2.82. The first-order valence-corrected chi connectivity index (χ1v) is 9.76. The molecule has 4 rings (SSSR count). The number of fused-ring (bicyclic) bond motifs is 5. The fourth-order valence-electron chi connectivity index (χ4n) is 6.96. The van der Waals surface area contributed by atoms with E-state index in [-0.39, 0.29) is 36.4 Å². The molecule has 0 aromatic rings. The summed E-state index contributed by atoms with van der Waals surface area (Å²) in [6.45, 7) is 2.96. The highest BCUT2D eigenvalue weighted by atomic mass is 16.4. The number of rotatable bonds is 2. The molecule has 0 heterocycles. The minimum Gasteiger partial charge on any atom is -0.393 e. The smallest absolute Gasteiger partial charge is 0.192 e. The number of Topliss-reactive ketones (excluding diaryl/α,β-unsaturated/α-hetero) is 1. The Bertz CT molecular complexity index is 756. The molecule has 0 aromatic carbocycles. The molecule has 148 valence electrons. The van der Waals surface area contributed by atoms with E-state index in [2.05, 4.69) is 0 Å². The summed E-state index contributed by atoms with van der Waals surface area (Å²) in [6, 6.07) is 0. The number of aliphatic hydroxyl groups excluding tert-OH is 3. The average molecular weight is 376 g/mol. The van der Waals surface area contributed by atoms with Gasteiger partial charge in [-0.05, 0) is 49.7 Å². The number of hydrogen-bond acceptors (Lipinski definition) is 6. The normalized spacial score (nSPS) is 51.3. The van der Waals surface area contributed by atoms with Crippen LogP contribution in [0.15, 0.2) is 23.8 Å². The van der Waals surface area contributed by atoms with Crippen molar-refractivity contribution >= 4 is 11.6 Å². The Balaban J connectivity index is 1.78. The summed E-state index contributed by atoms with van der Waals surface area (Å²) >= 11 is 0. The largest absolute Gasteiger partial charge is 0.393 e. The molecule has 1 unspecified atom stereocenters. The number of hydrogen-bond donors (Lipinski definition) is 4. The van der Waals surface area contributed by atoms with Crippen molar-refractivity contribution in [3.63, 3.8) is 0 Å². The van der Waals surface area contributed by atoms with Crippen molar-refractivity contribution in [3.8, 4) is 0 Å². The maximum absolute atomic E-state index is 12.4. The zero-order valence-electron chi connectivity index (χ0n) is 15.8. The molecule has 4 N–H and O–H groups in total. The molecule has 27 heavy (non-hydrogen) atoms. The molecule has 6 heteroatoms. The zero-order valence-corrected chi connectivity index (χ0v) is 15.8. The van der Waals surface area contributed by atoms with Gasteiger partial charge in [0.2, 0.25) is 0 Å². The first-order valence-electron chi connectivity index (χ1n) is 9.76. The summed E-state index contributed by atoms with van der Waals surface area (Å²) in [6.07, 6.45) is 4.97. The van der Waals surface area contributed by atoms with Crippen LogP contribution >= 0.6 is 0 Å². The predicted molar refractivity (Wildman–Crippen MR) is 96.4 cm³/mol. The Morgan fingerprint density at radius 1 is 1.30 bits per heavy atom. The van der Waals surface area contributed by atoms with E-state index in [9.17, 15) is 30.0 Å². The minimum atomic E-state index is -2.05. The summed E-state index contributed by atoms with van der Waals surface area (Å²) in [5.41, 5.74) is -2.46. The summed E-state index contributed by atoms with van der Waals surface area (Å²) in [5, 5.41) is 42.3. The Hall–Kier alpha value is -1.34. The molecule has 0 spiro atoms. The molecule has 0 radical (unpaired) electrons. The van der Waals surface area contributed by atoms with Gasteiger partial charge in [0.25, 0.3) is 0 Å². The molecule has 0 bridgehead atoms. The van der Waals surface area contributed by atoms with Gasteiger partial charge in [0.05, 0.1) is 12.2 Å². The summed E-state index contributed by atoms with van der Waals surface area (Å²) in [7, 11) is 0. The van der Waals surface area contributed by atoms with Gasteiger partial charge in [-0.3, -0.25) is 9.59 Å². The topological polar surface area (TPSA) is 115 Å². The van der Waals surface area contributed by atoms with Gasteiger partial charge in [0.1, 0.15) is 6.61 Å². The number of carbonyl (C=O) groups excluding carboxylic acids is 2. The summed E-state index contributed by atoms with van der Waals surface area (Å²) < 4.78 is 0. The maximum Gasteiger partial charge on any atom is 0.192 e. The Morgan fingerprint density at radius 3 is 2.67 bits per heavy atom. The highest BCUT2D eigenvalue weighted by Crippen LogP contribution is 2.67.